The summed E-state index contributed by atoms with van der Waals surface area (Å²) in [4.78, 5) is 25.5. The normalized spacial score (nSPS) is 15.3. The summed E-state index contributed by atoms with van der Waals surface area (Å²) >= 11 is 0. The van der Waals surface area contributed by atoms with Crippen molar-refractivity contribution in [2.45, 2.75) is 13.5 Å². The van der Waals surface area contributed by atoms with Gasteiger partial charge in [0.2, 0.25) is 5.95 Å². The first-order valence-corrected chi connectivity index (χ1v) is 8.22. The molecule has 0 saturated carbocycles. The van der Waals surface area contributed by atoms with Gasteiger partial charge in [0.15, 0.2) is 0 Å². The third-order valence-corrected chi connectivity index (χ3v) is 4.24. The molecule has 3 rings (SSSR count). The quantitative estimate of drug-likeness (QED) is 0.922. The van der Waals surface area contributed by atoms with Gasteiger partial charge in [-0.2, -0.15) is 0 Å². The van der Waals surface area contributed by atoms with Gasteiger partial charge in [0.25, 0.3) is 5.91 Å². The van der Waals surface area contributed by atoms with Gasteiger partial charge in [-0.1, -0.05) is 29.8 Å². The maximum atomic E-state index is 12.3. The Morgan fingerprint density at radius 2 is 1.83 bits per heavy atom. The smallest absolute Gasteiger partial charge is 0.270 e. The van der Waals surface area contributed by atoms with E-state index in [-0.39, 0.29) is 5.91 Å². The van der Waals surface area contributed by atoms with Crippen molar-refractivity contribution in [1.82, 2.24) is 20.2 Å². The van der Waals surface area contributed by atoms with Crippen molar-refractivity contribution >= 4 is 11.9 Å². The van der Waals surface area contributed by atoms with E-state index in [9.17, 15) is 4.79 Å². The van der Waals surface area contributed by atoms with Crippen molar-refractivity contribution in [1.29, 1.82) is 0 Å². The molecule has 24 heavy (non-hydrogen) atoms. The van der Waals surface area contributed by atoms with Crippen LogP contribution in [0, 0.1) is 6.92 Å². The Labute approximate surface area is 142 Å². The summed E-state index contributed by atoms with van der Waals surface area (Å²) in [6, 6.07) is 9.77. The van der Waals surface area contributed by atoms with Crippen LogP contribution in [0.5, 0.6) is 0 Å². The Kier molecular flexibility index (Phi) is 5.05. The SMILES string of the molecule is Cc1ccc(CNC(=O)c2ccnc(N3CCN(C)CC3)n2)cc1. The lowest BCUT2D eigenvalue weighted by Crippen LogP contribution is -2.45. The number of aryl methyl sites for hydroxylation is 1. The van der Waals surface area contributed by atoms with Crippen LogP contribution in [0.25, 0.3) is 0 Å². The molecular formula is C18H23N5O. The maximum Gasteiger partial charge on any atom is 0.270 e. The number of hydrogen-bond donors (Lipinski definition) is 1. The van der Waals surface area contributed by atoms with Gasteiger partial charge in [0, 0.05) is 38.9 Å². The second-order valence-corrected chi connectivity index (χ2v) is 6.20. The number of nitrogens with one attached hydrogen (secondary N) is 1. The van der Waals surface area contributed by atoms with E-state index in [1.807, 2.05) is 31.2 Å². The number of hydrogen-bond acceptors (Lipinski definition) is 5. The van der Waals surface area contributed by atoms with Gasteiger partial charge in [-0.05, 0) is 25.6 Å². The molecule has 0 aliphatic carbocycles. The van der Waals surface area contributed by atoms with Crippen LogP contribution in [0.3, 0.4) is 0 Å². The topological polar surface area (TPSA) is 61.4 Å². The van der Waals surface area contributed by atoms with Crippen LogP contribution in [-0.4, -0.2) is 54.0 Å². The molecule has 1 aliphatic heterocycles. The minimum Gasteiger partial charge on any atom is -0.347 e. The van der Waals surface area contributed by atoms with Crippen molar-refractivity contribution in [3.05, 3.63) is 53.3 Å². The number of carbonyl (C=O) groups excluding carboxylic acids is 1. The Balaban J connectivity index is 1.62. The average Bonchev–Trinajstić information content (AvgIpc) is 2.62. The summed E-state index contributed by atoms with van der Waals surface area (Å²) in [6.07, 6.45) is 1.65. The van der Waals surface area contributed by atoms with Crippen LogP contribution >= 0.6 is 0 Å². The molecule has 1 N–H and O–H groups in total. The molecule has 1 fully saturated rings. The summed E-state index contributed by atoms with van der Waals surface area (Å²) in [7, 11) is 2.10. The van der Waals surface area contributed by atoms with Gasteiger partial charge in [0.1, 0.15) is 5.69 Å². The molecule has 1 aromatic heterocycles. The molecule has 1 aromatic carbocycles. The summed E-state index contributed by atoms with van der Waals surface area (Å²) in [5, 5.41) is 2.92. The molecule has 2 heterocycles. The minimum absolute atomic E-state index is 0.173. The summed E-state index contributed by atoms with van der Waals surface area (Å²) in [5.41, 5.74) is 2.69. The monoisotopic (exact) mass is 325 g/mol. The van der Waals surface area contributed by atoms with Crippen molar-refractivity contribution in [3.63, 3.8) is 0 Å². The highest BCUT2D eigenvalue weighted by atomic mass is 16.1. The Morgan fingerprint density at radius 1 is 1.12 bits per heavy atom. The first-order chi connectivity index (χ1) is 11.6. The zero-order chi connectivity index (χ0) is 16.9. The maximum absolute atomic E-state index is 12.3. The van der Waals surface area contributed by atoms with Gasteiger partial charge < -0.3 is 15.1 Å². The molecule has 0 atom stereocenters. The van der Waals surface area contributed by atoms with Crippen molar-refractivity contribution in [2.75, 3.05) is 38.1 Å². The molecule has 0 unspecified atom stereocenters. The number of aromatic nitrogens is 2. The molecule has 0 spiro atoms. The zero-order valence-corrected chi connectivity index (χ0v) is 14.2. The van der Waals surface area contributed by atoms with Crippen LogP contribution in [0.4, 0.5) is 5.95 Å². The molecule has 1 saturated heterocycles. The molecule has 0 radical (unpaired) electrons. The van der Waals surface area contributed by atoms with Gasteiger partial charge in [-0.15, -0.1) is 0 Å². The average molecular weight is 325 g/mol. The molecule has 1 aliphatic rings. The molecule has 1 amide bonds. The van der Waals surface area contributed by atoms with E-state index in [2.05, 4.69) is 32.1 Å². The van der Waals surface area contributed by atoms with Gasteiger partial charge in [-0.25, -0.2) is 9.97 Å². The molecule has 126 valence electrons. The van der Waals surface area contributed by atoms with Gasteiger partial charge >= 0.3 is 0 Å². The van der Waals surface area contributed by atoms with E-state index in [0.29, 0.717) is 18.2 Å². The van der Waals surface area contributed by atoms with E-state index in [1.165, 1.54) is 5.56 Å². The third-order valence-electron chi connectivity index (χ3n) is 4.24. The third kappa shape index (κ3) is 4.08. The number of likely N-dealkylation sites (N-methyl/N-ethyl adjacent to an activating group) is 1. The van der Waals surface area contributed by atoms with E-state index < -0.39 is 0 Å². The highest BCUT2D eigenvalue weighted by Gasteiger charge is 2.17. The summed E-state index contributed by atoms with van der Waals surface area (Å²) < 4.78 is 0. The molecule has 6 nitrogen and oxygen atoms in total. The second kappa shape index (κ2) is 7.40. The Morgan fingerprint density at radius 3 is 2.54 bits per heavy atom. The largest absolute Gasteiger partial charge is 0.347 e. The number of piperazine rings is 1. The first kappa shape index (κ1) is 16.4. The summed E-state index contributed by atoms with van der Waals surface area (Å²) in [6.45, 7) is 6.26. The molecule has 2 aromatic rings. The highest BCUT2D eigenvalue weighted by Crippen LogP contribution is 2.11. The predicted octanol–water partition coefficient (Wildman–Crippen LogP) is 1.47. The number of carbonyl (C=O) groups is 1. The van der Waals surface area contributed by atoms with Gasteiger partial charge in [0.05, 0.1) is 0 Å². The predicted molar refractivity (Wildman–Crippen MR) is 94.1 cm³/mol. The zero-order valence-electron chi connectivity index (χ0n) is 14.2. The van der Waals surface area contributed by atoms with E-state index in [0.717, 1.165) is 31.7 Å². The van der Waals surface area contributed by atoms with Crippen LogP contribution in [-0.2, 0) is 6.54 Å². The summed E-state index contributed by atoms with van der Waals surface area (Å²) in [5.74, 6) is 0.458. The standard InChI is InChI=1S/C18H23N5O/c1-14-3-5-15(6-4-14)13-20-17(24)16-7-8-19-18(21-16)23-11-9-22(2)10-12-23/h3-8H,9-13H2,1-2H3,(H,20,24). The van der Waals surface area contributed by atoms with Crippen molar-refractivity contribution in [2.24, 2.45) is 0 Å². The van der Waals surface area contributed by atoms with Crippen LogP contribution < -0.4 is 10.2 Å². The fourth-order valence-corrected chi connectivity index (χ4v) is 2.61. The van der Waals surface area contributed by atoms with Crippen LogP contribution in [0.1, 0.15) is 21.6 Å². The number of amides is 1. The van der Waals surface area contributed by atoms with Crippen LogP contribution in [0.15, 0.2) is 36.5 Å². The lowest BCUT2D eigenvalue weighted by molar-refractivity contribution is 0.0946. The second-order valence-electron chi connectivity index (χ2n) is 6.20. The number of nitrogens with zero attached hydrogens (tertiary/aromatic N) is 4. The number of rotatable bonds is 4. The van der Waals surface area contributed by atoms with Crippen LogP contribution in [0.2, 0.25) is 0 Å². The van der Waals surface area contributed by atoms with Crippen molar-refractivity contribution < 1.29 is 4.79 Å². The molecule has 0 bridgehead atoms. The fourth-order valence-electron chi connectivity index (χ4n) is 2.61. The molecule has 6 heteroatoms. The molecular weight excluding hydrogens is 302 g/mol. The first-order valence-electron chi connectivity index (χ1n) is 8.22. The Bertz CT molecular complexity index is 693. The van der Waals surface area contributed by atoms with Gasteiger partial charge in [-0.3, -0.25) is 4.79 Å². The lowest BCUT2D eigenvalue weighted by Gasteiger charge is -2.32. The fraction of sp³-hybridized carbons (Fsp3) is 0.389. The van der Waals surface area contributed by atoms with Crippen molar-refractivity contribution in [3.8, 4) is 0 Å². The van der Waals surface area contributed by atoms with E-state index in [1.54, 1.807) is 12.3 Å². The van der Waals surface area contributed by atoms with E-state index >= 15 is 0 Å². The minimum atomic E-state index is -0.173. The number of benzene rings is 1. The number of anilines is 1. The Hall–Kier alpha value is -2.47. The van der Waals surface area contributed by atoms with E-state index in [4.69, 9.17) is 0 Å². The lowest BCUT2D eigenvalue weighted by atomic mass is 10.1. The highest BCUT2D eigenvalue weighted by molar-refractivity contribution is 5.92.